The Labute approximate surface area is 76.5 Å². The van der Waals surface area contributed by atoms with Gasteiger partial charge < -0.3 is 4.90 Å². The first kappa shape index (κ1) is 9.50. The summed E-state index contributed by atoms with van der Waals surface area (Å²) in [6.07, 6.45) is 0. The molecule has 6 heteroatoms. The van der Waals surface area contributed by atoms with Crippen LogP contribution in [0.15, 0.2) is 4.99 Å². The third-order valence-electron chi connectivity index (χ3n) is 1.63. The van der Waals surface area contributed by atoms with E-state index in [0.29, 0.717) is 5.96 Å². The van der Waals surface area contributed by atoms with Gasteiger partial charge >= 0.3 is 0 Å². The monoisotopic (exact) mass is 183 g/mol. The predicted octanol–water partition coefficient (Wildman–Crippen LogP) is -1.05. The zero-order valence-corrected chi connectivity index (χ0v) is 7.88. The number of carbonyl (C=O) groups excluding carboxylic acids is 1. The van der Waals surface area contributed by atoms with Gasteiger partial charge in [0, 0.05) is 14.1 Å². The van der Waals surface area contributed by atoms with E-state index in [1.807, 2.05) is 0 Å². The molecule has 0 fully saturated rings. The number of nitrogens with one attached hydrogen (secondary N) is 3. The van der Waals surface area contributed by atoms with E-state index >= 15 is 0 Å². The van der Waals surface area contributed by atoms with Crippen LogP contribution in [-0.4, -0.2) is 42.9 Å². The van der Waals surface area contributed by atoms with Crippen molar-refractivity contribution in [3.63, 3.8) is 0 Å². The molecule has 13 heavy (non-hydrogen) atoms. The molecule has 72 valence electrons. The van der Waals surface area contributed by atoms with E-state index in [-0.39, 0.29) is 17.9 Å². The highest BCUT2D eigenvalue weighted by molar-refractivity contribution is 6.09. The molecule has 1 rings (SSSR count). The second-order valence-electron chi connectivity index (χ2n) is 3.01. The van der Waals surface area contributed by atoms with Crippen LogP contribution in [0, 0.1) is 5.41 Å². The van der Waals surface area contributed by atoms with Gasteiger partial charge in [0.25, 0.3) is 5.91 Å². The SMILES string of the molecule is CC1N=C(NC(=N)N(C)C)NC1=O. The zero-order chi connectivity index (χ0) is 10.0. The molecule has 1 aliphatic rings. The van der Waals surface area contributed by atoms with Crippen molar-refractivity contribution in [1.82, 2.24) is 15.5 Å². The van der Waals surface area contributed by atoms with E-state index in [2.05, 4.69) is 15.6 Å². The Morgan fingerprint density at radius 2 is 2.31 bits per heavy atom. The van der Waals surface area contributed by atoms with Crippen LogP contribution < -0.4 is 10.6 Å². The fourth-order valence-electron chi connectivity index (χ4n) is 0.793. The summed E-state index contributed by atoms with van der Waals surface area (Å²) in [5, 5.41) is 12.6. The van der Waals surface area contributed by atoms with Crippen LogP contribution in [0.2, 0.25) is 0 Å². The van der Waals surface area contributed by atoms with Crippen LogP contribution in [0.25, 0.3) is 0 Å². The molecule has 0 saturated heterocycles. The van der Waals surface area contributed by atoms with Crippen molar-refractivity contribution < 1.29 is 4.79 Å². The molecule has 0 spiro atoms. The maximum absolute atomic E-state index is 11.0. The molecule has 0 saturated carbocycles. The second kappa shape index (κ2) is 3.42. The van der Waals surface area contributed by atoms with E-state index in [0.717, 1.165) is 0 Å². The van der Waals surface area contributed by atoms with Crippen LogP contribution in [-0.2, 0) is 4.79 Å². The highest BCUT2D eigenvalue weighted by Crippen LogP contribution is 1.96. The molecule has 3 N–H and O–H groups in total. The lowest BCUT2D eigenvalue weighted by molar-refractivity contribution is -0.119. The van der Waals surface area contributed by atoms with Crippen molar-refractivity contribution in [2.75, 3.05) is 14.1 Å². The van der Waals surface area contributed by atoms with Crippen molar-refractivity contribution in [2.24, 2.45) is 4.99 Å². The summed E-state index contributed by atoms with van der Waals surface area (Å²) in [7, 11) is 3.46. The number of hydrogen-bond acceptors (Lipinski definition) is 3. The zero-order valence-electron chi connectivity index (χ0n) is 7.88. The smallest absolute Gasteiger partial charge is 0.251 e. The van der Waals surface area contributed by atoms with Crippen molar-refractivity contribution in [3.8, 4) is 0 Å². The summed E-state index contributed by atoms with van der Waals surface area (Å²) >= 11 is 0. The molecular weight excluding hydrogens is 170 g/mol. The van der Waals surface area contributed by atoms with Crippen molar-refractivity contribution in [1.29, 1.82) is 5.41 Å². The molecule has 0 radical (unpaired) electrons. The molecule has 1 aliphatic heterocycles. The van der Waals surface area contributed by atoms with Crippen LogP contribution in [0.4, 0.5) is 0 Å². The van der Waals surface area contributed by atoms with Gasteiger partial charge in [-0.3, -0.25) is 20.8 Å². The van der Waals surface area contributed by atoms with Gasteiger partial charge in [0.15, 0.2) is 5.96 Å². The highest BCUT2D eigenvalue weighted by atomic mass is 16.2. The molecule has 0 aromatic rings. The number of carbonyl (C=O) groups is 1. The van der Waals surface area contributed by atoms with Gasteiger partial charge in [-0.05, 0) is 6.92 Å². The molecule has 0 aromatic heterocycles. The first-order chi connectivity index (χ1) is 6.00. The molecule has 1 unspecified atom stereocenters. The Bertz CT molecular complexity index is 270. The van der Waals surface area contributed by atoms with Gasteiger partial charge in [0.05, 0.1) is 0 Å². The number of rotatable bonds is 0. The van der Waals surface area contributed by atoms with E-state index < -0.39 is 0 Å². The number of guanidine groups is 2. The van der Waals surface area contributed by atoms with Gasteiger partial charge in [0.1, 0.15) is 6.04 Å². The Balaban J connectivity index is 2.53. The molecule has 0 aromatic carbocycles. The molecule has 1 amide bonds. The standard InChI is InChI=1S/C7H13N5O/c1-4-5(13)10-7(9-4)11-6(8)12(2)3/h4H,1-3H3,(H3,8,9,10,11,13). The highest BCUT2D eigenvalue weighted by Gasteiger charge is 2.22. The maximum atomic E-state index is 11.0. The Hall–Kier alpha value is -1.59. The second-order valence-corrected chi connectivity index (χ2v) is 3.01. The fourth-order valence-corrected chi connectivity index (χ4v) is 0.793. The van der Waals surface area contributed by atoms with Crippen LogP contribution >= 0.6 is 0 Å². The van der Waals surface area contributed by atoms with E-state index in [1.165, 1.54) is 0 Å². The lowest BCUT2D eigenvalue weighted by atomic mass is 10.4. The summed E-state index contributed by atoms with van der Waals surface area (Å²) in [6, 6.07) is -0.363. The third kappa shape index (κ3) is 2.17. The van der Waals surface area contributed by atoms with Gasteiger partial charge in [-0.1, -0.05) is 0 Å². The number of nitrogens with zero attached hydrogens (tertiary/aromatic N) is 2. The largest absolute Gasteiger partial charge is 0.349 e. The molecule has 0 aliphatic carbocycles. The van der Waals surface area contributed by atoms with E-state index in [9.17, 15) is 4.79 Å². The van der Waals surface area contributed by atoms with Crippen molar-refractivity contribution in [3.05, 3.63) is 0 Å². The Kier molecular flexibility index (Phi) is 2.50. The lowest BCUT2D eigenvalue weighted by Crippen LogP contribution is -2.45. The Morgan fingerprint density at radius 3 is 2.69 bits per heavy atom. The summed E-state index contributed by atoms with van der Waals surface area (Å²) in [6.45, 7) is 1.70. The van der Waals surface area contributed by atoms with Crippen LogP contribution in [0.3, 0.4) is 0 Å². The number of aliphatic imine (C=N–C) groups is 1. The number of amides is 1. The van der Waals surface area contributed by atoms with E-state index in [4.69, 9.17) is 5.41 Å². The minimum atomic E-state index is -0.363. The Morgan fingerprint density at radius 1 is 1.69 bits per heavy atom. The van der Waals surface area contributed by atoms with Crippen LogP contribution in [0.5, 0.6) is 0 Å². The fraction of sp³-hybridized carbons (Fsp3) is 0.571. The van der Waals surface area contributed by atoms with E-state index in [1.54, 1.807) is 25.9 Å². The minimum absolute atomic E-state index is 0.144. The predicted molar refractivity (Wildman–Crippen MR) is 49.6 cm³/mol. The van der Waals surface area contributed by atoms with Gasteiger partial charge in [-0.2, -0.15) is 0 Å². The van der Waals surface area contributed by atoms with Crippen molar-refractivity contribution >= 4 is 17.8 Å². The molecule has 1 atom stereocenters. The summed E-state index contributed by atoms with van der Waals surface area (Å²) in [5.74, 6) is 0.387. The normalized spacial score (nSPS) is 20.7. The topological polar surface area (TPSA) is 80.6 Å². The molecule has 0 bridgehead atoms. The van der Waals surface area contributed by atoms with Crippen molar-refractivity contribution in [2.45, 2.75) is 13.0 Å². The molecule has 6 nitrogen and oxygen atoms in total. The maximum Gasteiger partial charge on any atom is 0.251 e. The number of hydrogen-bond donors (Lipinski definition) is 3. The third-order valence-corrected chi connectivity index (χ3v) is 1.63. The van der Waals surface area contributed by atoms with Crippen LogP contribution in [0.1, 0.15) is 6.92 Å². The molecule has 1 heterocycles. The molecular formula is C7H13N5O. The lowest BCUT2D eigenvalue weighted by Gasteiger charge is -2.14. The quantitative estimate of drug-likeness (QED) is 0.331. The first-order valence-electron chi connectivity index (χ1n) is 3.92. The summed E-state index contributed by atoms with van der Waals surface area (Å²) in [4.78, 5) is 16.5. The summed E-state index contributed by atoms with van der Waals surface area (Å²) < 4.78 is 0. The average molecular weight is 183 g/mol. The minimum Gasteiger partial charge on any atom is -0.349 e. The average Bonchev–Trinajstić information content (AvgIpc) is 2.31. The van der Waals surface area contributed by atoms with Gasteiger partial charge in [-0.25, -0.2) is 4.99 Å². The van der Waals surface area contributed by atoms with Gasteiger partial charge in [0.2, 0.25) is 5.96 Å². The summed E-state index contributed by atoms with van der Waals surface area (Å²) in [5.41, 5.74) is 0. The van der Waals surface area contributed by atoms with Gasteiger partial charge in [-0.15, -0.1) is 0 Å². The first-order valence-corrected chi connectivity index (χ1v) is 3.92.